The number of rotatable bonds is 3. The van der Waals surface area contributed by atoms with E-state index in [1.807, 2.05) is 0 Å². The Bertz CT molecular complexity index is 534. The molecule has 1 aromatic rings. The molecule has 5 nitrogen and oxygen atoms in total. The Morgan fingerprint density at radius 1 is 1.28 bits per heavy atom. The number of hydrogen-bond acceptors (Lipinski definition) is 4. The molecule has 0 radical (unpaired) electrons. The summed E-state index contributed by atoms with van der Waals surface area (Å²) >= 11 is 4.78. The maximum Gasteiger partial charge on any atom is 0.244 e. The van der Waals surface area contributed by atoms with Crippen LogP contribution in [0.2, 0.25) is 0 Å². The van der Waals surface area contributed by atoms with E-state index in [-0.39, 0.29) is 9.88 Å². The summed E-state index contributed by atoms with van der Waals surface area (Å²) in [7, 11) is -3.42. The summed E-state index contributed by atoms with van der Waals surface area (Å²) in [6, 6.07) is 3.05. The van der Waals surface area contributed by atoms with E-state index in [4.69, 9.17) is 18.0 Å². The van der Waals surface area contributed by atoms with Crippen LogP contribution in [-0.2, 0) is 10.0 Å². The van der Waals surface area contributed by atoms with Crippen molar-refractivity contribution in [3.05, 3.63) is 24.0 Å². The second kappa shape index (κ2) is 5.29. The standard InChI is InChI=1S/C11H15N3O2S2/c12-11(17)10-5-4-9(8-13-10)18(15,16)14-6-2-1-3-7-14/h4-5,8H,1-3,6-7H2,(H2,12,17). The lowest BCUT2D eigenvalue weighted by Gasteiger charge is -2.25. The fourth-order valence-corrected chi connectivity index (χ4v) is 3.52. The maximum absolute atomic E-state index is 12.3. The van der Waals surface area contributed by atoms with Gasteiger partial charge in [0.2, 0.25) is 10.0 Å². The number of aromatic nitrogens is 1. The van der Waals surface area contributed by atoms with Crippen LogP contribution in [0.15, 0.2) is 23.2 Å². The Kier molecular flexibility index (Phi) is 3.94. The third-order valence-corrected chi connectivity index (χ3v) is 5.03. The molecule has 1 aromatic heterocycles. The van der Waals surface area contributed by atoms with E-state index in [2.05, 4.69) is 4.98 Å². The summed E-state index contributed by atoms with van der Waals surface area (Å²) in [5.41, 5.74) is 5.86. The number of nitrogens with two attached hydrogens (primary N) is 1. The van der Waals surface area contributed by atoms with Crippen LogP contribution in [-0.4, -0.2) is 35.8 Å². The topological polar surface area (TPSA) is 76.3 Å². The van der Waals surface area contributed by atoms with Crippen molar-refractivity contribution in [2.45, 2.75) is 24.2 Å². The quantitative estimate of drug-likeness (QED) is 0.835. The molecule has 0 bridgehead atoms. The molecule has 2 rings (SSSR count). The smallest absolute Gasteiger partial charge is 0.244 e. The summed E-state index contributed by atoms with van der Waals surface area (Å²) < 4.78 is 26.1. The predicted octanol–water partition coefficient (Wildman–Crippen LogP) is 0.890. The Morgan fingerprint density at radius 3 is 2.44 bits per heavy atom. The molecule has 98 valence electrons. The number of thiocarbonyl (C=S) groups is 1. The second-order valence-electron chi connectivity index (χ2n) is 4.21. The average molecular weight is 285 g/mol. The van der Waals surface area contributed by atoms with Gasteiger partial charge in [-0.05, 0) is 25.0 Å². The number of piperidine rings is 1. The van der Waals surface area contributed by atoms with Crippen LogP contribution in [0.3, 0.4) is 0 Å². The van der Waals surface area contributed by atoms with Crippen molar-refractivity contribution in [1.29, 1.82) is 0 Å². The van der Waals surface area contributed by atoms with Crippen LogP contribution >= 0.6 is 12.2 Å². The van der Waals surface area contributed by atoms with Crippen LogP contribution < -0.4 is 5.73 Å². The molecular weight excluding hydrogens is 270 g/mol. The van der Waals surface area contributed by atoms with E-state index < -0.39 is 10.0 Å². The first-order chi connectivity index (χ1) is 8.51. The minimum absolute atomic E-state index is 0.164. The van der Waals surface area contributed by atoms with Crippen LogP contribution in [0.1, 0.15) is 25.0 Å². The van der Waals surface area contributed by atoms with Gasteiger partial charge in [0, 0.05) is 19.3 Å². The van der Waals surface area contributed by atoms with Gasteiger partial charge in [-0.1, -0.05) is 18.6 Å². The Morgan fingerprint density at radius 2 is 1.94 bits per heavy atom. The third-order valence-electron chi connectivity index (χ3n) is 2.94. The second-order valence-corrected chi connectivity index (χ2v) is 6.59. The Hall–Kier alpha value is -1.05. The highest BCUT2D eigenvalue weighted by atomic mass is 32.2. The van der Waals surface area contributed by atoms with Gasteiger partial charge in [0.1, 0.15) is 9.88 Å². The molecule has 1 aliphatic heterocycles. The van der Waals surface area contributed by atoms with Gasteiger partial charge in [0.15, 0.2) is 0 Å². The molecule has 1 fully saturated rings. The molecule has 0 amide bonds. The first-order valence-electron chi connectivity index (χ1n) is 5.78. The fourth-order valence-electron chi connectivity index (χ4n) is 1.93. The minimum Gasteiger partial charge on any atom is -0.388 e. The summed E-state index contributed by atoms with van der Waals surface area (Å²) in [6.07, 6.45) is 4.23. The fraction of sp³-hybridized carbons (Fsp3) is 0.455. The van der Waals surface area contributed by atoms with Crippen molar-refractivity contribution >= 4 is 27.2 Å². The van der Waals surface area contributed by atoms with Gasteiger partial charge in [0.05, 0.1) is 5.69 Å². The zero-order valence-corrected chi connectivity index (χ0v) is 11.5. The number of pyridine rings is 1. The van der Waals surface area contributed by atoms with Crippen molar-refractivity contribution in [1.82, 2.24) is 9.29 Å². The minimum atomic E-state index is -3.42. The van der Waals surface area contributed by atoms with E-state index in [0.29, 0.717) is 18.8 Å². The number of sulfonamides is 1. The van der Waals surface area contributed by atoms with Gasteiger partial charge >= 0.3 is 0 Å². The first-order valence-corrected chi connectivity index (χ1v) is 7.62. The Labute approximate surface area is 112 Å². The number of hydrogen-bond donors (Lipinski definition) is 1. The lowest BCUT2D eigenvalue weighted by Crippen LogP contribution is -2.35. The molecule has 2 heterocycles. The van der Waals surface area contributed by atoms with E-state index in [1.165, 1.54) is 16.6 Å². The van der Waals surface area contributed by atoms with Crippen molar-refractivity contribution in [3.8, 4) is 0 Å². The molecule has 1 aliphatic rings. The van der Waals surface area contributed by atoms with Crippen LogP contribution in [0.5, 0.6) is 0 Å². The summed E-state index contributed by atoms with van der Waals surface area (Å²) in [4.78, 5) is 4.33. The molecule has 18 heavy (non-hydrogen) atoms. The third kappa shape index (κ3) is 2.68. The monoisotopic (exact) mass is 285 g/mol. The summed E-state index contributed by atoms with van der Waals surface area (Å²) in [5.74, 6) is 0. The average Bonchev–Trinajstić information content (AvgIpc) is 2.40. The Balaban J connectivity index is 2.26. The molecule has 7 heteroatoms. The highest BCUT2D eigenvalue weighted by Gasteiger charge is 2.26. The molecule has 0 aromatic carbocycles. The predicted molar refractivity (Wildman–Crippen MR) is 72.7 cm³/mol. The zero-order chi connectivity index (χ0) is 13.2. The van der Waals surface area contributed by atoms with E-state index in [1.54, 1.807) is 6.07 Å². The van der Waals surface area contributed by atoms with Gasteiger partial charge in [-0.3, -0.25) is 4.98 Å². The van der Waals surface area contributed by atoms with Crippen molar-refractivity contribution in [3.63, 3.8) is 0 Å². The molecule has 0 saturated carbocycles. The van der Waals surface area contributed by atoms with Crippen molar-refractivity contribution in [2.75, 3.05) is 13.1 Å². The summed E-state index contributed by atoms with van der Waals surface area (Å²) in [5, 5.41) is 0. The van der Waals surface area contributed by atoms with Crippen LogP contribution in [0, 0.1) is 0 Å². The van der Waals surface area contributed by atoms with Crippen LogP contribution in [0.25, 0.3) is 0 Å². The van der Waals surface area contributed by atoms with Crippen molar-refractivity contribution < 1.29 is 8.42 Å². The molecule has 1 saturated heterocycles. The van der Waals surface area contributed by atoms with Gasteiger partial charge in [-0.2, -0.15) is 4.31 Å². The largest absolute Gasteiger partial charge is 0.388 e. The maximum atomic E-state index is 12.3. The molecule has 0 spiro atoms. The van der Waals surface area contributed by atoms with Gasteiger partial charge in [0.25, 0.3) is 0 Å². The van der Waals surface area contributed by atoms with Crippen LogP contribution in [0.4, 0.5) is 0 Å². The van der Waals surface area contributed by atoms with Gasteiger partial charge < -0.3 is 5.73 Å². The molecular formula is C11H15N3O2S2. The molecule has 0 atom stereocenters. The SMILES string of the molecule is NC(=S)c1ccc(S(=O)(=O)N2CCCCC2)cn1. The molecule has 0 unspecified atom stereocenters. The molecule has 2 N–H and O–H groups in total. The lowest BCUT2D eigenvalue weighted by atomic mass is 10.2. The molecule has 0 aliphatic carbocycles. The number of nitrogens with zero attached hydrogens (tertiary/aromatic N) is 2. The normalized spacial score (nSPS) is 17.6. The van der Waals surface area contributed by atoms with E-state index in [0.717, 1.165) is 19.3 Å². The highest BCUT2D eigenvalue weighted by molar-refractivity contribution is 7.89. The lowest BCUT2D eigenvalue weighted by molar-refractivity contribution is 0.346. The highest BCUT2D eigenvalue weighted by Crippen LogP contribution is 2.19. The summed E-state index contributed by atoms with van der Waals surface area (Å²) in [6.45, 7) is 1.17. The van der Waals surface area contributed by atoms with E-state index in [9.17, 15) is 8.42 Å². The zero-order valence-electron chi connectivity index (χ0n) is 9.87. The van der Waals surface area contributed by atoms with E-state index >= 15 is 0 Å². The van der Waals surface area contributed by atoms with Crippen molar-refractivity contribution in [2.24, 2.45) is 5.73 Å². The van der Waals surface area contributed by atoms with Gasteiger partial charge in [-0.25, -0.2) is 8.42 Å². The van der Waals surface area contributed by atoms with Gasteiger partial charge in [-0.15, -0.1) is 0 Å². The first kappa shape index (κ1) is 13.4.